The predicted octanol–water partition coefficient (Wildman–Crippen LogP) is 2.29. The first-order valence-corrected chi connectivity index (χ1v) is 9.87. The van der Waals surface area contributed by atoms with Gasteiger partial charge in [-0.3, -0.25) is 9.10 Å². The number of morpholine rings is 1. The first-order valence-electron chi connectivity index (χ1n) is 8.43. The number of aryl methyl sites for hydroxylation is 1. The predicted molar refractivity (Wildman–Crippen MR) is 99.9 cm³/mol. The third-order valence-electron chi connectivity index (χ3n) is 4.50. The molecule has 6 nitrogen and oxygen atoms in total. The van der Waals surface area contributed by atoms with Crippen LogP contribution in [-0.2, 0) is 14.8 Å². The molecule has 138 valence electrons. The maximum atomic E-state index is 12.9. The zero-order valence-corrected chi connectivity index (χ0v) is 15.7. The summed E-state index contributed by atoms with van der Waals surface area (Å²) in [6, 6.07) is 13.4. The Labute approximate surface area is 154 Å². The van der Waals surface area contributed by atoms with Crippen molar-refractivity contribution in [3.63, 3.8) is 0 Å². The Balaban J connectivity index is 1.93. The second-order valence-electron chi connectivity index (χ2n) is 6.19. The molecule has 1 heterocycles. The molecule has 1 saturated heterocycles. The molecular formula is C19H22N2O4S. The molecule has 0 aliphatic carbocycles. The molecule has 3 rings (SSSR count). The average molecular weight is 374 g/mol. The minimum Gasteiger partial charge on any atom is -0.378 e. The van der Waals surface area contributed by atoms with Gasteiger partial charge in [0.25, 0.3) is 15.9 Å². The van der Waals surface area contributed by atoms with Crippen molar-refractivity contribution in [1.82, 2.24) is 4.90 Å². The lowest BCUT2D eigenvalue weighted by atomic mass is 10.1. The molecule has 0 atom stereocenters. The third kappa shape index (κ3) is 3.59. The van der Waals surface area contributed by atoms with Gasteiger partial charge < -0.3 is 9.64 Å². The molecule has 0 aromatic heterocycles. The Kier molecular flexibility index (Phi) is 5.29. The van der Waals surface area contributed by atoms with Crippen LogP contribution in [0.5, 0.6) is 0 Å². The van der Waals surface area contributed by atoms with Gasteiger partial charge in [0.05, 0.1) is 23.8 Å². The molecule has 0 N–H and O–H groups in total. The van der Waals surface area contributed by atoms with Gasteiger partial charge in [-0.2, -0.15) is 0 Å². The summed E-state index contributed by atoms with van der Waals surface area (Å²) in [5, 5.41) is 0. The monoisotopic (exact) mass is 374 g/mol. The zero-order chi connectivity index (χ0) is 18.7. The van der Waals surface area contributed by atoms with E-state index in [4.69, 9.17) is 4.74 Å². The lowest BCUT2D eigenvalue weighted by molar-refractivity contribution is 0.0303. The SMILES string of the molecule is Cc1ccc(C(=O)N2CCOCC2)cc1N(C)S(=O)(=O)c1ccccc1. The fourth-order valence-corrected chi connectivity index (χ4v) is 4.18. The summed E-state index contributed by atoms with van der Waals surface area (Å²) in [5.74, 6) is -0.111. The number of benzene rings is 2. The van der Waals surface area contributed by atoms with E-state index in [0.717, 1.165) is 5.56 Å². The Hall–Kier alpha value is -2.38. The molecule has 1 aliphatic rings. The van der Waals surface area contributed by atoms with Gasteiger partial charge in [-0.05, 0) is 36.8 Å². The highest BCUT2D eigenvalue weighted by Gasteiger charge is 2.24. The molecule has 1 amide bonds. The fraction of sp³-hybridized carbons (Fsp3) is 0.316. The number of hydrogen-bond acceptors (Lipinski definition) is 4. The number of hydrogen-bond donors (Lipinski definition) is 0. The van der Waals surface area contributed by atoms with Gasteiger partial charge in [0.1, 0.15) is 0 Å². The van der Waals surface area contributed by atoms with Gasteiger partial charge in [-0.1, -0.05) is 24.3 Å². The summed E-state index contributed by atoms with van der Waals surface area (Å²) in [6.07, 6.45) is 0. The number of anilines is 1. The van der Waals surface area contributed by atoms with E-state index in [0.29, 0.717) is 37.6 Å². The van der Waals surface area contributed by atoms with E-state index in [2.05, 4.69) is 0 Å². The summed E-state index contributed by atoms with van der Waals surface area (Å²) in [7, 11) is -2.19. The number of rotatable bonds is 4. The molecular weight excluding hydrogens is 352 g/mol. The molecule has 0 radical (unpaired) electrons. The number of sulfonamides is 1. The van der Waals surface area contributed by atoms with Crippen LogP contribution in [0.2, 0.25) is 0 Å². The number of ether oxygens (including phenoxy) is 1. The van der Waals surface area contributed by atoms with Crippen LogP contribution in [0.25, 0.3) is 0 Å². The number of carbonyl (C=O) groups excluding carboxylic acids is 1. The van der Waals surface area contributed by atoms with Gasteiger partial charge >= 0.3 is 0 Å². The van der Waals surface area contributed by atoms with Gasteiger partial charge in [-0.15, -0.1) is 0 Å². The van der Waals surface area contributed by atoms with Crippen LogP contribution >= 0.6 is 0 Å². The van der Waals surface area contributed by atoms with E-state index in [9.17, 15) is 13.2 Å². The molecule has 1 aliphatic heterocycles. The largest absolute Gasteiger partial charge is 0.378 e. The van der Waals surface area contributed by atoms with Gasteiger partial charge in [-0.25, -0.2) is 8.42 Å². The normalized spacial score (nSPS) is 14.9. The van der Waals surface area contributed by atoms with Crippen LogP contribution in [0, 0.1) is 6.92 Å². The highest BCUT2D eigenvalue weighted by atomic mass is 32.2. The first kappa shape index (κ1) is 18.4. The smallest absolute Gasteiger partial charge is 0.264 e. The average Bonchev–Trinajstić information content (AvgIpc) is 2.68. The second kappa shape index (κ2) is 7.47. The van der Waals surface area contributed by atoms with Crippen molar-refractivity contribution >= 4 is 21.6 Å². The zero-order valence-electron chi connectivity index (χ0n) is 14.9. The summed E-state index contributed by atoms with van der Waals surface area (Å²) < 4.78 is 32.3. The Bertz CT molecular complexity index is 891. The molecule has 1 fully saturated rings. The summed E-state index contributed by atoms with van der Waals surface area (Å²) in [6.45, 7) is 3.95. The maximum Gasteiger partial charge on any atom is 0.264 e. The van der Waals surface area contributed by atoms with E-state index in [1.807, 2.05) is 6.92 Å². The molecule has 0 saturated carbocycles. The molecule has 2 aromatic carbocycles. The van der Waals surface area contributed by atoms with Crippen molar-refractivity contribution < 1.29 is 17.9 Å². The minimum atomic E-state index is -3.69. The Morgan fingerprint density at radius 2 is 1.73 bits per heavy atom. The highest BCUT2D eigenvalue weighted by Crippen LogP contribution is 2.27. The van der Waals surface area contributed by atoms with E-state index >= 15 is 0 Å². The van der Waals surface area contributed by atoms with Crippen LogP contribution in [0.3, 0.4) is 0 Å². The molecule has 0 spiro atoms. The minimum absolute atomic E-state index is 0.111. The van der Waals surface area contributed by atoms with Crippen LogP contribution < -0.4 is 4.31 Å². The fourth-order valence-electron chi connectivity index (χ4n) is 2.91. The molecule has 0 unspecified atom stereocenters. The van der Waals surface area contributed by atoms with E-state index < -0.39 is 10.0 Å². The van der Waals surface area contributed by atoms with E-state index in [-0.39, 0.29) is 10.8 Å². The molecule has 0 bridgehead atoms. The van der Waals surface area contributed by atoms with Crippen molar-refractivity contribution in [3.8, 4) is 0 Å². The van der Waals surface area contributed by atoms with Gasteiger partial charge in [0.15, 0.2) is 0 Å². The highest BCUT2D eigenvalue weighted by molar-refractivity contribution is 7.92. The van der Waals surface area contributed by atoms with E-state index in [1.165, 1.54) is 11.4 Å². The Morgan fingerprint density at radius 3 is 2.38 bits per heavy atom. The van der Waals surface area contributed by atoms with Crippen LogP contribution in [-0.4, -0.2) is 52.6 Å². The second-order valence-corrected chi connectivity index (χ2v) is 8.16. The summed E-state index contributed by atoms with van der Waals surface area (Å²) >= 11 is 0. The quantitative estimate of drug-likeness (QED) is 0.824. The van der Waals surface area contributed by atoms with Crippen molar-refractivity contribution in [1.29, 1.82) is 0 Å². The lowest BCUT2D eigenvalue weighted by Crippen LogP contribution is -2.40. The van der Waals surface area contributed by atoms with Crippen molar-refractivity contribution in [2.75, 3.05) is 37.7 Å². The molecule has 7 heteroatoms. The topological polar surface area (TPSA) is 66.9 Å². The maximum absolute atomic E-state index is 12.9. The first-order chi connectivity index (χ1) is 12.4. The molecule has 2 aromatic rings. The number of nitrogens with zero attached hydrogens (tertiary/aromatic N) is 2. The van der Waals surface area contributed by atoms with Gasteiger partial charge in [0.2, 0.25) is 0 Å². The molecule has 26 heavy (non-hydrogen) atoms. The van der Waals surface area contributed by atoms with Crippen LogP contribution in [0.4, 0.5) is 5.69 Å². The van der Waals surface area contributed by atoms with Crippen molar-refractivity contribution in [2.45, 2.75) is 11.8 Å². The Morgan fingerprint density at radius 1 is 1.08 bits per heavy atom. The summed E-state index contributed by atoms with van der Waals surface area (Å²) in [5.41, 5.74) is 1.75. The third-order valence-corrected chi connectivity index (χ3v) is 6.28. The van der Waals surface area contributed by atoms with Gasteiger partial charge in [0, 0.05) is 25.7 Å². The summed E-state index contributed by atoms with van der Waals surface area (Å²) in [4.78, 5) is 14.6. The van der Waals surface area contributed by atoms with Crippen molar-refractivity contribution in [2.24, 2.45) is 0 Å². The van der Waals surface area contributed by atoms with Crippen molar-refractivity contribution in [3.05, 3.63) is 59.7 Å². The van der Waals surface area contributed by atoms with Crippen LogP contribution in [0.1, 0.15) is 15.9 Å². The van der Waals surface area contributed by atoms with Crippen LogP contribution in [0.15, 0.2) is 53.4 Å². The lowest BCUT2D eigenvalue weighted by Gasteiger charge is -2.28. The number of carbonyl (C=O) groups is 1. The number of amides is 1. The standard InChI is InChI=1S/C19H22N2O4S/c1-15-8-9-16(19(22)21-10-12-25-13-11-21)14-18(15)20(2)26(23,24)17-6-4-3-5-7-17/h3-9,14H,10-13H2,1-2H3. The van der Waals surface area contributed by atoms with E-state index in [1.54, 1.807) is 53.4 Å².